The van der Waals surface area contributed by atoms with Crippen molar-refractivity contribution in [2.75, 3.05) is 30.3 Å². The van der Waals surface area contributed by atoms with Crippen LogP contribution in [-0.4, -0.2) is 45.4 Å². The van der Waals surface area contributed by atoms with Crippen molar-refractivity contribution < 1.29 is 9.18 Å². The van der Waals surface area contributed by atoms with Gasteiger partial charge in [-0.3, -0.25) is 4.79 Å². The van der Waals surface area contributed by atoms with Crippen molar-refractivity contribution >= 4 is 23.2 Å². The molecule has 8 heteroatoms. The van der Waals surface area contributed by atoms with Crippen LogP contribution in [0.2, 0.25) is 0 Å². The highest BCUT2D eigenvalue weighted by atomic mass is 19.1. The molecule has 4 rings (SSSR count). The van der Waals surface area contributed by atoms with Crippen LogP contribution < -0.4 is 10.6 Å². The number of likely N-dealkylation sites (tertiary alicyclic amines) is 1. The van der Waals surface area contributed by atoms with Gasteiger partial charge in [0.2, 0.25) is 5.91 Å². The van der Waals surface area contributed by atoms with Crippen LogP contribution >= 0.6 is 0 Å². The second-order valence-electron chi connectivity index (χ2n) is 8.06. The van der Waals surface area contributed by atoms with E-state index < -0.39 is 0 Å². The molecule has 0 atom stereocenters. The smallest absolute Gasteiger partial charge is 0.241 e. The van der Waals surface area contributed by atoms with Crippen molar-refractivity contribution in [3.63, 3.8) is 0 Å². The van der Waals surface area contributed by atoms with Crippen molar-refractivity contribution in [2.24, 2.45) is 0 Å². The number of anilines is 3. The van der Waals surface area contributed by atoms with Crippen LogP contribution in [0.25, 0.3) is 0 Å². The SMILES string of the molecule is Cc1cc(Nc2ccc(F)cn2)nc(C2CCN(C(=O)CNc3ccccc3C)CC2)n1. The number of carbonyl (C=O) groups excluding carboxylic acids is 1. The number of nitrogens with zero attached hydrogens (tertiary/aromatic N) is 4. The van der Waals surface area contributed by atoms with Gasteiger partial charge in [0.15, 0.2) is 0 Å². The number of rotatable bonds is 6. The highest BCUT2D eigenvalue weighted by molar-refractivity contribution is 5.81. The molecule has 1 aliphatic heterocycles. The standard InChI is InChI=1S/C24H27FN6O/c1-16-5-3-4-6-20(16)26-15-23(32)31-11-9-18(10-12-31)24-28-17(2)13-22(30-24)29-21-8-7-19(25)14-27-21/h3-8,13-14,18,26H,9-12,15H2,1-2H3,(H,27,28,29,30). The summed E-state index contributed by atoms with van der Waals surface area (Å²) in [6.07, 6.45) is 2.79. The number of piperidine rings is 1. The largest absolute Gasteiger partial charge is 0.376 e. The summed E-state index contributed by atoms with van der Waals surface area (Å²) < 4.78 is 13.1. The molecule has 166 valence electrons. The van der Waals surface area contributed by atoms with Crippen molar-refractivity contribution in [3.05, 3.63) is 71.6 Å². The van der Waals surface area contributed by atoms with E-state index in [4.69, 9.17) is 0 Å². The summed E-state index contributed by atoms with van der Waals surface area (Å²) in [6, 6.07) is 12.7. The molecule has 0 aliphatic carbocycles. The van der Waals surface area contributed by atoms with E-state index in [-0.39, 0.29) is 24.2 Å². The molecule has 1 aromatic carbocycles. The quantitative estimate of drug-likeness (QED) is 0.605. The lowest BCUT2D eigenvalue weighted by atomic mass is 9.95. The van der Waals surface area contributed by atoms with Crippen LogP contribution in [0.15, 0.2) is 48.7 Å². The predicted molar refractivity (Wildman–Crippen MR) is 122 cm³/mol. The average molecular weight is 435 g/mol. The van der Waals surface area contributed by atoms with Gasteiger partial charge in [0.05, 0.1) is 12.7 Å². The first-order valence-corrected chi connectivity index (χ1v) is 10.8. The third-order valence-corrected chi connectivity index (χ3v) is 5.64. The Morgan fingerprint density at radius 3 is 2.59 bits per heavy atom. The number of nitrogens with one attached hydrogen (secondary N) is 2. The van der Waals surface area contributed by atoms with Gasteiger partial charge in [-0.25, -0.2) is 19.3 Å². The summed E-state index contributed by atoms with van der Waals surface area (Å²) >= 11 is 0. The Bertz CT molecular complexity index is 1080. The highest BCUT2D eigenvalue weighted by Gasteiger charge is 2.26. The molecule has 0 unspecified atom stereocenters. The van der Waals surface area contributed by atoms with E-state index in [0.717, 1.165) is 41.8 Å². The van der Waals surface area contributed by atoms with Gasteiger partial charge in [-0.15, -0.1) is 0 Å². The molecular weight excluding hydrogens is 407 g/mol. The molecule has 0 spiro atoms. The molecule has 3 heterocycles. The number of hydrogen-bond donors (Lipinski definition) is 2. The second-order valence-corrected chi connectivity index (χ2v) is 8.06. The zero-order chi connectivity index (χ0) is 22.5. The van der Waals surface area contributed by atoms with Gasteiger partial charge in [0.1, 0.15) is 23.3 Å². The van der Waals surface area contributed by atoms with Gasteiger partial charge in [-0.05, 0) is 50.5 Å². The maximum Gasteiger partial charge on any atom is 0.241 e. The van der Waals surface area contributed by atoms with Gasteiger partial charge in [-0.2, -0.15) is 0 Å². The third kappa shape index (κ3) is 5.38. The molecule has 0 bridgehead atoms. The number of aromatic nitrogens is 3. The number of aryl methyl sites for hydroxylation is 2. The summed E-state index contributed by atoms with van der Waals surface area (Å²) in [4.78, 5) is 27.9. The third-order valence-electron chi connectivity index (χ3n) is 5.64. The first-order valence-electron chi connectivity index (χ1n) is 10.8. The number of benzene rings is 1. The Morgan fingerprint density at radius 2 is 1.88 bits per heavy atom. The lowest BCUT2D eigenvalue weighted by Crippen LogP contribution is -2.41. The van der Waals surface area contributed by atoms with E-state index in [0.29, 0.717) is 24.7 Å². The Labute approximate surface area is 187 Å². The lowest BCUT2D eigenvalue weighted by Gasteiger charge is -2.31. The normalized spacial score (nSPS) is 14.3. The maximum absolute atomic E-state index is 13.1. The summed E-state index contributed by atoms with van der Waals surface area (Å²) in [5.74, 6) is 1.82. The first-order chi connectivity index (χ1) is 15.5. The Kier molecular flexibility index (Phi) is 6.58. The minimum atomic E-state index is -0.384. The average Bonchev–Trinajstić information content (AvgIpc) is 2.79. The molecule has 1 saturated heterocycles. The van der Waals surface area contributed by atoms with E-state index in [2.05, 4.69) is 25.6 Å². The fourth-order valence-electron chi connectivity index (χ4n) is 3.86. The fourth-order valence-corrected chi connectivity index (χ4v) is 3.86. The zero-order valence-electron chi connectivity index (χ0n) is 18.3. The van der Waals surface area contributed by atoms with Crippen LogP contribution in [-0.2, 0) is 4.79 Å². The number of amides is 1. The van der Waals surface area contributed by atoms with Crippen molar-refractivity contribution in [1.82, 2.24) is 19.9 Å². The van der Waals surface area contributed by atoms with Gasteiger partial charge in [0, 0.05) is 36.5 Å². The van der Waals surface area contributed by atoms with E-state index in [1.807, 2.05) is 49.1 Å². The molecule has 32 heavy (non-hydrogen) atoms. The summed E-state index contributed by atoms with van der Waals surface area (Å²) in [5, 5.41) is 6.35. The minimum absolute atomic E-state index is 0.0987. The lowest BCUT2D eigenvalue weighted by molar-refractivity contribution is -0.130. The van der Waals surface area contributed by atoms with Crippen LogP contribution in [0.5, 0.6) is 0 Å². The number of carbonyl (C=O) groups is 1. The van der Waals surface area contributed by atoms with Gasteiger partial charge in [0.25, 0.3) is 0 Å². The second kappa shape index (κ2) is 9.72. The molecule has 1 amide bonds. The topological polar surface area (TPSA) is 83.0 Å². The predicted octanol–water partition coefficient (Wildman–Crippen LogP) is 4.19. The molecule has 0 radical (unpaired) electrons. The van der Waals surface area contributed by atoms with Gasteiger partial charge < -0.3 is 15.5 Å². The fraction of sp³-hybridized carbons (Fsp3) is 0.333. The molecular formula is C24H27FN6O. The Balaban J connectivity index is 1.34. The molecule has 2 N–H and O–H groups in total. The number of halogens is 1. The van der Waals surface area contributed by atoms with Crippen LogP contribution in [0.1, 0.15) is 35.8 Å². The minimum Gasteiger partial charge on any atom is -0.376 e. The van der Waals surface area contributed by atoms with Crippen molar-refractivity contribution in [3.8, 4) is 0 Å². The van der Waals surface area contributed by atoms with Crippen molar-refractivity contribution in [2.45, 2.75) is 32.6 Å². The molecule has 1 fully saturated rings. The van der Waals surface area contributed by atoms with E-state index in [1.54, 1.807) is 6.07 Å². The molecule has 0 saturated carbocycles. The summed E-state index contributed by atoms with van der Waals surface area (Å²) in [6.45, 7) is 5.59. The Hall–Kier alpha value is -3.55. The first kappa shape index (κ1) is 21.7. The van der Waals surface area contributed by atoms with Crippen LogP contribution in [0.3, 0.4) is 0 Å². The highest BCUT2D eigenvalue weighted by Crippen LogP contribution is 2.27. The zero-order valence-corrected chi connectivity index (χ0v) is 18.3. The molecule has 1 aliphatic rings. The number of para-hydroxylation sites is 1. The Morgan fingerprint density at radius 1 is 1.09 bits per heavy atom. The molecule has 3 aromatic rings. The molecule has 2 aromatic heterocycles. The summed E-state index contributed by atoms with van der Waals surface area (Å²) in [7, 11) is 0. The van der Waals surface area contributed by atoms with E-state index >= 15 is 0 Å². The maximum atomic E-state index is 13.1. The molecule has 7 nitrogen and oxygen atoms in total. The van der Waals surface area contributed by atoms with Crippen molar-refractivity contribution in [1.29, 1.82) is 0 Å². The van der Waals surface area contributed by atoms with Gasteiger partial charge in [-0.1, -0.05) is 18.2 Å². The summed E-state index contributed by atoms with van der Waals surface area (Å²) in [5.41, 5.74) is 2.95. The van der Waals surface area contributed by atoms with E-state index in [9.17, 15) is 9.18 Å². The number of hydrogen-bond acceptors (Lipinski definition) is 6. The van der Waals surface area contributed by atoms with Crippen LogP contribution in [0.4, 0.5) is 21.7 Å². The van der Waals surface area contributed by atoms with Gasteiger partial charge >= 0.3 is 0 Å². The monoisotopic (exact) mass is 434 g/mol. The van der Waals surface area contributed by atoms with E-state index in [1.165, 1.54) is 6.07 Å². The van der Waals surface area contributed by atoms with Crippen LogP contribution in [0, 0.1) is 19.7 Å². The number of pyridine rings is 1.